The lowest BCUT2D eigenvalue weighted by atomic mass is 10.2. The lowest BCUT2D eigenvalue weighted by Crippen LogP contribution is -1.95. The highest BCUT2D eigenvalue weighted by molar-refractivity contribution is 5.54. The van der Waals surface area contributed by atoms with Crippen molar-refractivity contribution in [1.82, 2.24) is 4.98 Å². The molecule has 2 N–H and O–H groups in total. The fourth-order valence-electron chi connectivity index (χ4n) is 0.659. The average Bonchev–Trinajstić information content (AvgIpc) is 1.95. The molecule has 0 fully saturated rings. The van der Waals surface area contributed by atoms with Gasteiger partial charge in [0.05, 0.1) is 5.69 Å². The second-order valence-electron chi connectivity index (χ2n) is 2.00. The number of hydrogen-bond donors (Lipinski definition) is 1. The highest BCUT2D eigenvalue weighted by atomic mass is 14.7. The monoisotopic (exact) mass is 133 g/mol. The van der Waals surface area contributed by atoms with E-state index in [0.717, 1.165) is 5.56 Å². The zero-order chi connectivity index (χ0) is 7.56. The van der Waals surface area contributed by atoms with Gasteiger partial charge in [-0.25, -0.2) is 4.98 Å². The number of nitrogens with two attached hydrogens (primary N) is 1. The predicted octanol–water partition coefficient (Wildman–Crippen LogP) is 0.844. The molecule has 0 spiro atoms. The summed E-state index contributed by atoms with van der Waals surface area (Å²) < 4.78 is 0. The summed E-state index contributed by atoms with van der Waals surface area (Å²) in [6.07, 6.45) is 1.57. The first-order valence-corrected chi connectivity index (χ1v) is 2.87. The van der Waals surface area contributed by atoms with Crippen molar-refractivity contribution >= 4 is 5.69 Å². The number of aryl methyl sites for hydroxylation is 1. The van der Waals surface area contributed by atoms with Gasteiger partial charge in [-0.1, -0.05) is 0 Å². The molecule has 0 saturated heterocycles. The van der Waals surface area contributed by atoms with Gasteiger partial charge in [0.25, 0.3) is 0 Å². The molecule has 3 nitrogen and oxygen atoms in total. The summed E-state index contributed by atoms with van der Waals surface area (Å²) in [6.45, 7) is 1.85. The molecule has 1 aromatic heterocycles. The summed E-state index contributed by atoms with van der Waals surface area (Å²) in [4.78, 5) is 3.77. The van der Waals surface area contributed by atoms with E-state index in [4.69, 9.17) is 11.0 Å². The molecule has 1 rings (SSSR count). The van der Waals surface area contributed by atoms with E-state index in [1.54, 1.807) is 12.3 Å². The summed E-state index contributed by atoms with van der Waals surface area (Å²) >= 11 is 0. The predicted molar refractivity (Wildman–Crippen MR) is 38.1 cm³/mol. The Bertz CT molecular complexity index is 285. The van der Waals surface area contributed by atoms with Gasteiger partial charge in [0, 0.05) is 6.20 Å². The van der Waals surface area contributed by atoms with Crippen molar-refractivity contribution in [1.29, 1.82) is 5.26 Å². The van der Waals surface area contributed by atoms with E-state index in [-0.39, 0.29) is 0 Å². The Morgan fingerprint density at radius 1 is 1.70 bits per heavy atom. The zero-order valence-corrected chi connectivity index (χ0v) is 5.63. The molecule has 0 aromatic carbocycles. The van der Waals surface area contributed by atoms with Crippen molar-refractivity contribution in [3.05, 3.63) is 23.5 Å². The Labute approximate surface area is 59.1 Å². The van der Waals surface area contributed by atoms with Crippen molar-refractivity contribution in [3.8, 4) is 6.07 Å². The van der Waals surface area contributed by atoms with Crippen LogP contribution in [0.2, 0.25) is 0 Å². The summed E-state index contributed by atoms with van der Waals surface area (Å²) in [5, 5.41) is 8.45. The minimum atomic E-state index is 0.306. The van der Waals surface area contributed by atoms with Gasteiger partial charge < -0.3 is 5.73 Å². The first-order valence-electron chi connectivity index (χ1n) is 2.87. The topological polar surface area (TPSA) is 62.7 Å². The van der Waals surface area contributed by atoms with Gasteiger partial charge in [-0.05, 0) is 18.6 Å². The maximum Gasteiger partial charge on any atom is 0.163 e. The largest absolute Gasteiger partial charge is 0.396 e. The first kappa shape index (κ1) is 6.56. The van der Waals surface area contributed by atoms with Crippen LogP contribution in [0.15, 0.2) is 12.3 Å². The zero-order valence-electron chi connectivity index (χ0n) is 5.63. The Balaban J connectivity index is 3.31. The van der Waals surface area contributed by atoms with Crippen molar-refractivity contribution in [3.63, 3.8) is 0 Å². The summed E-state index contributed by atoms with van der Waals surface area (Å²) in [5.41, 5.74) is 7.19. The fourth-order valence-corrected chi connectivity index (χ4v) is 0.659. The van der Waals surface area contributed by atoms with Crippen LogP contribution in [0, 0.1) is 18.3 Å². The number of hydrogen-bond acceptors (Lipinski definition) is 3. The van der Waals surface area contributed by atoms with Crippen LogP contribution >= 0.6 is 0 Å². The Kier molecular flexibility index (Phi) is 1.55. The molecule has 0 atom stereocenters. The molecule has 0 unspecified atom stereocenters. The van der Waals surface area contributed by atoms with E-state index >= 15 is 0 Å². The van der Waals surface area contributed by atoms with E-state index in [1.165, 1.54) is 0 Å². The quantitative estimate of drug-likeness (QED) is 0.570. The number of nitrogens with zero attached hydrogens (tertiary/aromatic N) is 2. The molecule has 0 radical (unpaired) electrons. The van der Waals surface area contributed by atoms with E-state index < -0.39 is 0 Å². The molecule has 1 heterocycles. The number of nitriles is 1. The van der Waals surface area contributed by atoms with Crippen LogP contribution in [0.1, 0.15) is 11.3 Å². The standard InChI is InChI=1S/C7H7N3/c1-5-2-3-10-6(4-8)7(5)9/h2-3H,9H2,1H3. The third-order valence-corrected chi connectivity index (χ3v) is 1.31. The van der Waals surface area contributed by atoms with E-state index in [1.807, 2.05) is 13.0 Å². The van der Waals surface area contributed by atoms with Gasteiger partial charge >= 0.3 is 0 Å². The molecule has 50 valence electrons. The van der Waals surface area contributed by atoms with Gasteiger partial charge in [0.15, 0.2) is 5.69 Å². The van der Waals surface area contributed by atoms with Crippen molar-refractivity contribution in [2.24, 2.45) is 0 Å². The Morgan fingerprint density at radius 3 is 2.90 bits per heavy atom. The van der Waals surface area contributed by atoms with Crippen LogP contribution in [-0.4, -0.2) is 4.98 Å². The van der Waals surface area contributed by atoms with Gasteiger partial charge in [-0.15, -0.1) is 0 Å². The van der Waals surface area contributed by atoms with Crippen LogP contribution in [0.25, 0.3) is 0 Å². The lowest BCUT2D eigenvalue weighted by Gasteiger charge is -1.97. The molecule has 0 saturated carbocycles. The minimum Gasteiger partial charge on any atom is -0.396 e. The molecule has 1 aromatic rings. The second kappa shape index (κ2) is 2.36. The number of aromatic nitrogens is 1. The third-order valence-electron chi connectivity index (χ3n) is 1.31. The van der Waals surface area contributed by atoms with Crippen molar-refractivity contribution in [2.75, 3.05) is 5.73 Å². The Hall–Kier alpha value is -1.56. The van der Waals surface area contributed by atoms with Crippen LogP contribution in [0.4, 0.5) is 5.69 Å². The van der Waals surface area contributed by atoms with Gasteiger partial charge in [0.1, 0.15) is 6.07 Å². The summed E-state index contributed by atoms with van der Waals surface area (Å²) in [5.74, 6) is 0. The van der Waals surface area contributed by atoms with E-state index in [9.17, 15) is 0 Å². The molecule has 10 heavy (non-hydrogen) atoms. The van der Waals surface area contributed by atoms with Crippen molar-refractivity contribution in [2.45, 2.75) is 6.92 Å². The van der Waals surface area contributed by atoms with Gasteiger partial charge in [-0.2, -0.15) is 5.26 Å². The minimum absolute atomic E-state index is 0.306. The number of rotatable bonds is 0. The SMILES string of the molecule is Cc1ccnc(C#N)c1N. The van der Waals surface area contributed by atoms with Crippen LogP contribution in [0.5, 0.6) is 0 Å². The Morgan fingerprint density at radius 2 is 2.40 bits per heavy atom. The summed E-state index contributed by atoms with van der Waals surface area (Å²) in [7, 11) is 0. The highest BCUT2D eigenvalue weighted by Gasteiger charge is 1.99. The maximum absolute atomic E-state index is 8.45. The molecule has 0 aliphatic rings. The molecule has 0 amide bonds. The van der Waals surface area contributed by atoms with Crippen LogP contribution in [0.3, 0.4) is 0 Å². The smallest absolute Gasteiger partial charge is 0.163 e. The maximum atomic E-state index is 8.45. The van der Waals surface area contributed by atoms with Crippen LogP contribution in [-0.2, 0) is 0 Å². The number of anilines is 1. The van der Waals surface area contributed by atoms with Gasteiger partial charge in [-0.3, -0.25) is 0 Å². The number of nitrogen functional groups attached to an aromatic ring is 1. The lowest BCUT2D eigenvalue weighted by molar-refractivity contribution is 1.24. The fraction of sp³-hybridized carbons (Fsp3) is 0.143. The third kappa shape index (κ3) is 0.914. The van der Waals surface area contributed by atoms with Crippen LogP contribution < -0.4 is 5.73 Å². The number of pyridine rings is 1. The molecular weight excluding hydrogens is 126 g/mol. The van der Waals surface area contributed by atoms with E-state index in [2.05, 4.69) is 4.98 Å². The first-order chi connectivity index (χ1) is 4.75. The molecule has 3 heteroatoms. The molecule has 0 aliphatic heterocycles. The second-order valence-corrected chi connectivity index (χ2v) is 2.00. The normalized spacial score (nSPS) is 8.80. The van der Waals surface area contributed by atoms with E-state index in [0.29, 0.717) is 11.4 Å². The molecule has 0 aliphatic carbocycles. The molecule has 0 bridgehead atoms. The summed E-state index contributed by atoms with van der Waals surface area (Å²) in [6, 6.07) is 3.67. The molecular formula is C7H7N3. The van der Waals surface area contributed by atoms with Gasteiger partial charge in [0.2, 0.25) is 0 Å². The van der Waals surface area contributed by atoms with Crippen molar-refractivity contribution < 1.29 is 0 Å². The average molecular weight is 133 g/mol. The highest BCUT2D eigenvalue weighted by Crippen LogP contribution is 2.11.